The standard InChI is InChI=1S/C12H17N3O2/c1-15(9-3-2-6-14-8-9)12(16)11-5-4-10(7-13)17-11/h2-3,6,8,10-11H,4-5,7,13H2,1H3. The maximum atomic E-state index is 12.1. The van der Waals surface area contributed by atoms with Crippen molar-refractivity contribution in [1.29, 1.82) is 0 Å². The van der Waals surface area contributed by atoms with E-state index in [-0.39, 0.29) is 18.1 Å². The number of nitrogens with two attached hydrogens (primary N) is 1. The van der Waals surface area contributed by atoms with E-state index in [4.69, 9.17) is 10.5 Å². The van der Waals surface area contributed by atoms with E-state index in [1.807, 2.05) is 6.07 Å². The lowest BCUT2D eigenvalue weighted by Gasteiger charge is -2.20. The van der Waals surface area contributed by atoms with Gasteiger partial charge < -0.3 is 15.4 Å². The Labute approximate surface area is 101 Å². The van der Waals surface area contributed by atoms with Crippen LogP contribution in [0.15, 0.2) is 24.5 Å². The fourth-order valence-corrected chi connectivity index (χ4v) is 1.96. The number of hydrogen-bond acceptors (Lipinski definition) is 4. The highest BCUT2D eigenvalue weighted by molar-refractivity contribution is 5.96. The van der Waals surface area contributed by atoms with Gasteiger partial charge in [-0.05, 0) is 25.0 Å². The van der Waals surface area contributed by atoms with Crippen molar-refractivity contribution in [2.75, 3.05) is 18.5 Å². The molecule has 2 atom stereocenters. The summed E-state index contributed by atoms with van der Waals surface area (Å²) in [5, 5.41) is 0. The molecule has 2 unspecified atom stereocenters. The Hall–Kier alpha value is -1.46. The van der Waals surface area contributed by atoms with Crippen molar-refractivity contribution >= 4 is 11.6 Å². The summed E-state index contributed by atoms with van der Waals surface area (Å²) < 4.78 is 5.58. The zero-order chi connectivity index (χ0) is 12.3. The number of amides is 1. The molecule has 2 N–H and O–H groups in total. The normalized spacial score (nSPS) is 23.6. The lowest BCUT2D eigenvalue weighted by Crippen LogP contribution is -2.37. The number of nitrogens with zero attached hydrogens (tertiary/aromatic N) is 2. The quantitative estimate of drug-likeness (QED) is 0.830. The van der Waals surface area contributed by atoms with Crippen LogP contribution in [0.25, 0.3) is 0 Å². The van der Waals surface area contributed by atoms with E-state index in [0.717, 1.165) is 18.5 Å². The fraction of sp³-hybridized carbons (Fsp3) is 0.500. The van der Waals surface area contributed by atoms with Gasteiger partial charge in [0.1, 0.15) is 6.10 Å². The Kier molecular flexibility index (Phi) is 3.71. The molecule has 0 saturated carbocycles. The van der Waals surface area contributed by atoms with Crippen molar-refractivity contribution in [2.24, 2.45) is 5.73 Å². The number of carbonyl (C=O) groups excluding carboxylic acids is 1. The minimum absolute atomic E-state index is 0.0197. The molecule has 1 amide bonds. The molecule has 0 aromatic carbocycles. The number of rotatable bonds is 3. The summed E-state index contributed by atoms with van der Waals surface area (Å²) >= 11 is 0. The van der Waals surface area contributed by atoms with Gasteiger partial charge in [-0.25, -0.2) is 0 Å². The first kappa shape index (κ1) is 12.0. The molecule has 0 radical (unpaired) electrons. The molecule has 1 aliphatic heterocycles. The minimum Gasteiger partial charge on any atom is -0.364 e. The number of anilines is 1. The van der Waals surface area contributed by atoms with Gasteiger partial charge in [-0.1, -0.05) is 0 Å². The molecule has 0 bridgehead atoms. The Morgan fingerprint density at radius 1 is 1.65 bits per heavy atom. The average molecular weight is 235 g/mol. The van der Waals surface area contributed by atoms with Crippen LogP contribution in [0.3, 0.4) is 0 Å². The van der Waals surface area contributed by atoms with Crippen molar-refractivity contribution in [3.63, 3.8) is 0 Å². The van der Waals surface area contributed by atoms with Gasteiger partial charge in [-0.2, -0.15) is 0 Å². The van der Waals surface area contributed by atoms with Crippen LogP contribution >= 0.6 is 0 Å². The lowest BCUT2D eigenvalue weighted by molar-refractivity contribution is -0.128. The zero-order valence-corrected chi connectivity index (χ0v) is 9.87. The van der Waals surface area contributed by atoms with Gasteiger partial charge in [0, 0.05) is 19.8 Å². The third-order valence-corrected chi connectivity index (χ3v) is 3.01. The minimum atomic E-state index is -0.367. The molecule has 1 saturated heterocycles. The van der Waals surface area contributed by atoms with Gasteiger partial charge in [-0.15, -0.1) is 0 Å². The van der Waals surface area contributed by atoms with E-state index in [1.165, 1.54) is 0 Å². The second-order valence-electron chi connectivity index (χ2n) is 4.17. The Bertz CT molecular complexity index is 383. The maximum absolute atomic E-state index is 12.1. The summed E-state index contributed by atoms with van der Waals surface area (Å²) in [5.74, 6) is -0.0334. The van der Waals surface area contributed by atoms with Gasteiger partial charge in [-0.3, -0.25) is 9.78 Å². The highest BCUT2D eigenvalue weighted by Crippen LogP contribution is 2.22. The van der Waals surface area contributed by atoms with Gasteiger partial charge >= 0.3 is 0 Å². The maximum Gasteiger partial charge on any atom is 0.255 e. The summed E-state index contributed by atoms with van der Waals surface area (Å²) in [6.45, 7) is 0.473. The molecule has 5 heteroatoms. The van der Waals surface area contributed by atoms with Crippen LogP contribution in [0.5, 0.6) is 0 Å². The van der Waals surface area contributed by atoms with Gasteiger partial charge in [0.25, 0.3) is 5.91 Å². The molecule has 92 valence electrons. The number of pyridine rings is 1. The SMILES string of the molecule is CN(C(=O)C1CCC(CN)O1)c1cccnc1. The first-order valence-electron chi connectivity index (χ1n) is 5.75. The zero-order valence-electron chi connectivity index (χ0n) is 9.87. The van der Waals surface area contributed by atoms with Crippen LogP contribution in [0.4, 0.5) is 5.69 Å². The van der Waals surface area contributed by atoms with Crippen LogP contribution in [0.2, 0.25) is 0 Å². The molecular formula is C12H17N3O2. The molecule has 1 aliphatic rings. The first-order valence-corrected chi connectivity index (χ1v) is 5.75. The Morgan fingerprint density at radius 3 is 3.06 bits per heavy atom. The van der Waals surface area contributed by atoms with Crippen LogP contribution in [-0.2, 0) is 9.53 Å². The molecule has 2 rings (SSSR count). The van der Waals surface area contributed by atoms with Crippen LogP contribution in [0.1, 0.15) is 12.8 Å². The number of hydrogen-bond donors (Lipinski definition) is 1. The number of likely N-dealkylation sites (N-methyl/N-ethyl adjacent to an activating group) is 1. The third-order valence-electron chi connectivity index (χ3n) is 3.01. The van der Waals surface area contributed by atoms with E-state index in [9.17, 15) is 4.79 Å². The molecule has 0 spiro atoms. The molecule has 1 aromatic rings. The smallest absolute Gasteiger partial charge is 0.255 e. The number of aromatic nitrogens is 1. The van der Waals surface area contributed by atoms with Crippen molar-refractivity contribution < 1.29 is 9.53 Å². The third kappa shape index (κ3) is 2.62. The van der Waals surface area contributed by atoms with E-state index >= 15 is 0 Å². The summed E-state index contributed by atoms with van der Waals surface area (Å²) in [4.78, 5) is 17.7. The van der Waals surface area contributed by atoms with E-state index in [1.54, 1.807) is 30.4 Å². The Morgan fingerprint density at radius 2 is 2.47 bits per heavy atom. The molecule has 1 fully saturated rings. The summed E-state index contributed by atoms with van der Waals surface area (Å²) in [6.07, 6.45) is 4.59. The summed E-state index contributed by atoms with van der Waals surface area (Å²) in [6, 6.07) is 3.65. The van der Waals surface area contributed by atoms with E-state index in [2.05, 4.69) is 4.98 Å². The van der Waals surface area contributed by atoms with Crippen molar-refractivity contribution in [2.45, 2.75) is 25.0 Å². The largest absolute Gasteiger partial charge is 0.364 e. The van der Waals surface area contributed by atoms with Crippen molar-refractivity contribution in [1.82, 2.24) is 4.98 Å². The van der Waals surface area contributed by atoms with Gasteiger partial charge in [0.2, 0.25) is 0 Å². The molecular weight excluding hydrogens is 218 g/mol. The highest BCUT2D eigenvalue weighted by atomic mass is 16.5. The second-order valence-corrected chi connectivity index (χ2v) is 4.17. The molecule has 1 aromatic heterocycles. The molecule has 5 nitrogen and oxygen atoms in total. The predicted octanol–water partition coefficient (Wildman–Crippen LogP) is 0.551. The second kappa shape index (κ2) is 5.25. The molecule has 2 heterocycles. The first-order chi connectivity index (χ1) is 8.22. The Balaban J connectivity index is 2.01. The topological polar surface area (TPSA) is 68.5 Å². The number of ether oxygens (including phenoxy) is 1. The molecule has 17 heavy (non-hydrogen) atoms. The molecule has 0 aliphatic carbocycles. The average Bonchev–Trinajstić information content (AvgIpc) is 2.87. The van der Waals surface area contributed by atoms with Crippen LogP contribution < -0.4 is 10.6 Å². The lowest BCUT2D eigenvalue weighted by atomic mass is 10.2. The van der Waals surface area contributed by atoms with Crippen LogP contribution in [0, 0.1) is 0 Å². The van der Waals surface area contributed by atoms with E-state index in [0.29, 0.717) is 6.54 Å². The highest BCUT2D eigenvalue weighted by Gasteiger charge is 2.32. The number of carbonyl (C=O) groups is 1. The van der Waals surface area contributed by atoms with Gasteiger partial charge in [0.15, 0.2) is 0 Å². The van der Waals surface area contributed by atoms with Crippen molar-refractivity contribution in [3.8, 4) is 0 Å². The van der Waals surface area contributed by atoms with Crippen molar-refractivity contribution in [3.05, 3.63) is 24.5 Å². The fourth-order valence-electron chi connectivity index (χ4n) is 1.96. The summed E-state index contributed by atoms with van der Waals surface area (Å²) in [5.41, 5.74) is 6.30. The van der Waals surface area contributed by atoms with Crippen LogP contribution in [-0.4, -0.2) is 36.7 Å². The van der Waals surface area contributed by atoms with E-state index < -0.39 is 0 Å². The van der Waals surface area contributed by atoms with Gasteiger partial charge in [0.05, 0.1) is 18.0 Å². The monoisotopic (exact) mass is 235 g/mol. The summed E-state index contributed by atoms with van der Waals surface area (Å²) in [7, 11) is 1.73. The predicted molar refractivity (Wildman–Crippen MR) is 64.6 cm³/mol.